The minimum absolute atomic E-state index is 0.0111. The van der Waals surface area contributed by atoms with Crippen LogP contribution in [0.4, 0.5) is 0 Å². The maximum absolute atomic E-state index is 13.2. The number of benzene rings is 2. The standard InChI is InChI=1S/C28H32O15/c1-10-20(32)23(35)25(37)27(40-10)43-26-24(36)22(34)18(8-29)42-28(26)41-15-4-3-11(5-16(15)38-2)13-9-39-17-7-12(30)6-14(31)19(17)21(13)33/h3-7,9-10,18,20,22-32,34-37H,8H2,1-2H3/t10-,18+,20-,22+,23+,24-,25+,26+,27-,28+/m0/s1. The molecule has 0 aliphatic carbocycles. The molecule has 0 saturated carbocycles. The van der Waals surface area contributed by atoms with Gasteiger partial charge in [-0.3, -0.25) is 4.79 Å². The van der Waals surface area contributed by atoms with Crippen molar-refractivity contribution in [3.8, 4) is 34.1 Å². The van der Waals surface area contributed by atoms with Crippen molar-refractivity contribution in [2.75, 3.05) is 13.7 Å². The van der Waals surface area contributed by atoms with Crippen molar-refractivity contribution in [1.82, 2.24) is 0 Å². The minimum Gasteiger partial charge on any atom is -0.508 e. The Bertz CT molecular complexity index is 1510. The molecule has 8 N–H and O–H groups in total. The highest BCUT2D eigenvalue weighted by Crippen LogP contribution is 2.37. The molecule has 10 atom stereocenters. The van der Waals surface area contributed by atoms with Gasteiger partial charge in [-0.2, -0.15) is 0 Å². The average Bonchev–Trinajstić information content (AvgIpc) is 2.98. The van der Waals surface area contributed by atoms with E-state index in [0.29, 0.717) is 5.56 Å². The van der Waals surface area contributed by atoms with Crippen molar-refractivity contribution in [1.29, 1.82) is 0 Å². The van der Waals surface area contributed by atoms with Crippen LogP contribution in [0.15, 0.2) is 45.8 Å². The summed E-state index contributed by atoms with van der Waals surface area (Å²) in [4.78, 5) is 13.2. The van der Waals surface area contributed by atoms with Crippen molar-refractivity contribution in [3.05, 3.63) is 46.8 Å². The summed E-state index contributed by atoms with van der Waals surface area (Å²) in [6, 6.07) is 6.48. The molecule has 2 aliphatic heterocycles. The molecule has 0 unspecified atom stereocenters. The van der Waals surface area contributed by atoms with Gasteiger partial charge < -0.3 is 69.0 Å². The number of phenolic OH excluding ortho intramolecular Hbond substituents is 2. The first kappa shape index (κ1) is 30.9. The number of methoxy groups -OCH3 is 1. The van der Waals surface area contributed by atoms with Crippen LogP contribution >= 0.6 is 0 Å². The Hall–Kier alpha value is -3.51. The quantitative estimate of drug-likeness (QED) is 0.159. The van der Waals surface area contributed by atoms with Gasteiger partial charge in [-0.15, -0.1) is 0 Å². The van der Waals surface area contributed by atoms with Crippen LogP contribution in [0.25, 0.3) is 22.1 Å². The molecule has 0 radical (unpaired) electrons. The highest BCUT2D eigenvalue weighted by atomic mass is 16.8. The number of hydrogen-bond donors (Lipinski definition) is 8. The van der Waals surface area contributed by atoms with E-state index in [4.69, 9.17) is 28.1 Å². The van der Waals surface area contributed by atoms with Crippen LogP contribution in [-0.2, 0) is 14.2 Å². The van der Waals surface area contributed by atoms with Gasteiger partial charge >= 0.3 is 0 Å². The molecule has 2 aliphatic rings. The molecule has 2 aromatic carbocycles. The Morgan fingerprint density at radius 3 is 2.30 bits per heavy atom. The van der Waals surface area contributed by atoms with Gasteiger partial charge in [0.1, 0.15) is 65.4 Å². The number of aromatic hydroxyl groups is 2. The SMILES string of the molecule is COc1cc(-c2coc3cc(O)cc(O)c3c2=O)ccc1O[C@@H]1O[C@H](CO)[C@@H](O)[C@H](O)[C@H]1O[C@@H]1O[C@@H](C)[C@H](O)[C@@H](O)[C@H]1O. The van der Waals surface area contributed by atoms with Crippen molar-refractivity contribution in [2.24, 2.45) is 0 Å². The normalized spacial score (nSPS) is 32.9. The Labute approximate surface area is 243 Å². The van der Waals surface area contributed by atoms with Crippen LogP contribution in [0, 0.1) is 0 Å². The highest BCUT2D eigenvalue weighted by molar-refractivity contribution is 5.88. The van der Waals surface area contributed by atoms with Crippen molar-refractivity contribution < 1.29 is 69.0 Å². The summed E-state index contributed by atoms with van der Waals surface area (Å²) >= 11 is 0. The Morgan fingerprint density at radius 2 is 1.60 bits per heavy atom. The molecule has 1 aromatic heterocycles. The average molecular weight is 609 g/mol. The molecule has 15 nitrogen and oxygen atoms in total. The first-order valence-electron chi connectivity index (χ1n) is 13.2. The number of hydrogen-bond acceptors (Lipinski definition) is 15. The fourth-order valence-corrected chi connectivity index (χ4v) is 5.05. The van der Waals surface area contributed by atoms with Gasteiger partial charge in [0, 0.05) is 12.1 Å². The topological polar surface area (TPSA) is 238 Å². The molecule has 3 heterocycles. The van der Waals surface area contributed by atoms with Gasteiger partial charge in [-0.1, -0.05) is 6.07 Å². The lowest BCUT2D eigenvalue weighted by molar-refractivity contribution is -0.354. The van der Waals surface area contributed by atoms with Crippen LogP contribution in [0.5, 0.6) is 23.0 Å². The van der Waals surface area contributed by atoms with Crippen LogP contribution in [0.2, 0.25) is 0 Å². The van der Waals surface area contributed by atoms with E-state index in [-0.39, 0.29) is 33.8 Å². The number of rotatable bonds is 7. The van der Waals surface area contributed by atoms with Crippen LogP contribution in [0.1, 0.15) is 6.92 Å². The third-order valence-corrected chi connectivity index (χ3v) is 7.48. The van der Waals surface area contributed by atoms with Crippen molar-refractivity contribution in [2.45, 2.75) is 68.3 Å². The van der Waals surface area contributed by atoms with Crippen LogP contribution < -0.4 is 14.9 Å². The zero-order valence-corrected chi connectivity index (χ0v) is 22.9. The van der Waals surface area contributed by atoms with Crippen molar-refractivity contribution >= 4 is 11.0 Å². The molecular formula is C28H32O15. The lowest BCUT2D eigenvalue weighted by atomic mass is 9.97. The summed E-state index contributed by atoms with van der Waals surface area (Å²) in [5, 5.41) is 81.4. The molecule has 5 rings (SSSR count). The molecule has 0 amide bonds. The van der Waals surface area contributed by atoms with Gasteiger partial charge in [-0.05, 0) is 24.6 Å². The van der Waals surface area contributed by atoms with Gasteiger partial charge in [0.05, 0.1) is 25.4 Å². The molecule has 0 bridgehead atoms. The summed E-state index contributed by atoms with van der Waals surface area (Å²) in [6.45, 7) is 0.732. The van der Waals surface area contributed by atoms with Crippen LogP contribution in [-0.4, -0.2) is 116 Å². The Morgan fingerprint density at radius 1 is 0.860 bits per heavy atom. The van der Waals surface area contributed by atoms with Gasteiger partial charge in [0.25, 0.3) is 0 Å². The third-order valence-electron chi connectivity index (χ3n) is 7.48. The maximum atomic E-state index is 13.2. The van der Waals surface area contributed by atoms with E-state index in [2.05, 4.69) is 0 Å². The predicted molar refractivity (Wildman–Crippen MR) is 143 cm³/mol. The number of aliphatic hydroxyl groups is 6. The fraction of sp³-hybridized carbons (Fsp3) is 0.464. The first-order valence-corrected chi connectivity index (χ1v) is 13.2. The van der Waals surface area contributed by atoms with Gasteiger partial charge in [0.2, 0.25) is 11.7 Å². The fourth-order valence-electron chi connectivity index (χ4n) is 5.05. The largest absolute Gasteiger partial charge is 0.508 e. The molecule has 15 heteroatoms. The Balaban J connectivity index is 1.45. The van der Waals surface area contributed by atoms with E-state index in [1.807, 2.05) is 0 Å². The first-order chi connectivity index (χ1) is 20.4. The number of fused-ring (bicyclic) bond motifs is 1. The Kier molecular flexibility index (Phi) is 8.80. The lowest BCUT2D eigenvalue weighted by Crippen LogP contribution is -2.64. The number of ether oxygens (including phenoxy) is 5. The zero-order valence-electron chi connectivity index (χ0n) is 22.9. The monoisotopic (exact) mass is 608 g/mol. The van der Waals surface area contributed by atoms with E-state index in [0.717, 1.165) is 12.3 Å². The smallest absolute Gasteiger partial charge is 0.229 e. The molecule has 0 spiro atoms. The molecule has 43 heavy (non-hydrogen) atoms. The maximum Gasteiger partial charge on any atom is 0.229 e. The molecular weight excluding hydrogens is 576 g/mol. The molecule has 3 aromatic rings. The molecule has 2 saturated heterocycles. The second-order valence-corrected chi connectivity index (χ2v) is 10.3. The summed E-state index contributed by atoms with van der Waals surface area (Å²) in [6.07, 6.45) is -13.9. The van der Waals surface area contributed by atoms with Gasteiger partial charge in [0.15, 0.2) is 23.9 Å². The summed E-state index contributed by atoms with van der Waals surface area (Å²) in [5.74, 6) is -0.681. The summed E-state index contributed by atoms with van der Waals surface area (Å²) in [5.41, 5.74) is -0.269. The summed E-state index contributed by atoms with van der Waals surface area (Å²) < 4.78 is 33.7. The highest BCUT2D eigenvalue weighted by Gasteiger charge is 2.51. The van der Waals surface area contributed by atoms with E-state index in [1.54, 1.807) is 0 Å². The van der Waals surface area contributed by atoms with E-state index >= 15 is 0 Å². The minimum atomic E-state index is -1.74. The zero-order chi connectivity index (χ0) is 31.2. The second-order valence-electron chi connectivity index (χ2n) is 10.3. The predicted octanol–water partition coefficient (Wildman–Crippen LogP) is -1.09. The molecule has 234 valence electrons. The van der Waals surface area contributed by atoms with E-state index in [1.165, 1.54) is 38.3 Å². The van der Waals surface area contributed by atoms with Gasteiger partial charge in [-0.25, -0.2) is 0 Å². The van der Waals surface area contributed by atoms with Crippen molar-refractivity contribution in [3.63, 3.8) is 0 Å². The lowest BCUT2D eigenvalue weighted by Gasteiger charge is -2.45. The van der Waals surface area contributed by atoms with E-state index < -0.39 is 79.2 Å². The van der Waals surface area contributed by atoms with E-state index in [9.17, 15) is 45.6 Å². The number of phenols is 2. The number of aliphatic hydroxyl groups excluding tert-OH is 6. The third kappa shape index (κ3) is 5.74. The second kappa shape index (κ2) is 12.2. The summed E-state index contributed by atoms with van der Waals surface area (Å²) in [7, 11) is 1.31. The van der Waals surface area contributed by atoms with Crippen LogP contribution in [0.3, 0.4) is 0 Å². The molecule has 2 fully saturated rings.